The predicted molar refractivity (Wildman–Crippen MR) is 83.8 cm³/mol. The summed E-state index contributed by atoms with van der Waals surface area (Å²) in [5.41, 5.74) is 7.92. The number of carbonyl (C=O) groups is 1. The summed E-state index contributed by atoms with van der Waals surface area (Å²) < 4.78 is 5.09. The van der Waals surface area contributed by atoms with Gasteiger partial charge in [-0.05, 0) is 17.7 Å². The Morgan fingerprint density at radius 3 is 2.87 bits per heavy atom. The third kappa shape index (κ3) is 3.55. The summed E-state index contributed by atoms with van der Waals surface area (Å²) in [7, 11) is 1.50. The fourth-order valence-electron chi connectivity index (χ4n) is 2.24. The lowest BCUT2D eigenvalue weighted by atomic mass is 9.96. The first kappa shape index (κ1) is 16.2. The van der Waals surface area contributed by atoms with Crippen LogP contribution in [0.2, 0.25) is 0 Å². The molecule has 0 bridgehead atoms. The van der Waals surface area contributed by atoms with Crippen LogP contribution in [0.3, 0.4) is 0 Å². The van der Waals surface area contributed by atoms with Crippen molar-refractivity contribution in [1.82, 2.24) is 9.97 Å². The molecule has 2 aromatic heterocycles. The van der Waals surface area contributed by atoms with E-state index in [2.05, 4.69) is 9.97 Å². The van der Waals surface area contributed by atoms with Crippen LogP contribution in [0.1, 0.15) is 30.5 Å². The Hall–Kier alpha value is -3.14. The molecule has 7 nitrogen and oxygen atoms in total. The quantitative estimate of drug-likeness (QED) is 0.867. The Bertz CT molecular complexity index is 783. The molecule has 118 valence electrons. The number of aliphatic carboxylic acids is 1. The predicted octanol–water partition coefficient (Wildman–Crippen LogP) is 2.18. The average Bonchev–Trinajstić information content (AvgIpc) is 2.53. The molecule has 0 amide bonds. The molecule has 0 aliphatic heterocycles. The molecule has 0 saturated heterocycles. The van der Waals surface area contributed by atoms with Gasteiger partial charge in [0.2, 0.25) is 5.88 Å². The van der Waals surface area contributed by atoms with E-state index in [4.69, 9.17) is 15.6 Å². The first-order valence-electron chi connectivity index (χ1n) is 6.89. The van der Waals surface area contributed by atoms with Crippen molar-refractivity contribution in [2.75, 3.05) is 12.8 Å². The minimum absolute atomic E-state index is 0.0720. The van der Waals surface area contributed by atoms with Gasteiger partial charge in [-0.25, -0.2) is 9.97 Å². The third-order valence-corrected chi connectivity index (χ3v) is 3.42. The summed E-state index contributed by atoms with van der Waals surface area (Å²) >= 11 is 0. The Morgan fingerprint density at radius 2 is 2.26 bits per heavy atom. The number of methoxy groups -OCH3 is 1. The van der Waals surface area contributed by atoms with E-state index < -0.39 is 5.97 Å². The molecule has 1 unspecified atom stereocenters. The molecule has 0 radical (unpaired) electrons. The number of carboxylic acid groups (broad SMARTS) is 1. The van der Waals surface area contributed by atoms with Gasteiger partial charge in [0.05, 0.1) is 13.5 Å². The highest BCUT2D eigenvalue weighted by molar-refractivity contribution is 5.76. The molecule has 2 aromatic rings. The molecule has 0 spiro atoms. The van der Waals surface area contributed by atoms with Gasteiger partial charge in [-0.2, -0.15) is 5.26 Å². The number of carboxylic acids is 1. The minimum Gasteiger partial charge on any atom is -0.481 e. The van der Waals surface area contributed by atoms with Crippen LogP contribution < -0.4 is 10.5 Å². The van der Waals surface area contributed by atoms with Crippen LogP contribution in [0, 0.1) is 11.3 Å². The number of pyridine rings is 2. The molecule has 0 saturated carbocycles. The molecule has 23 heavy (non-hydrogen) atoms. The summed E-state index contributed by atoms with van der Waals surface area (Å²) in [6.45, 7) is 1.75. The average molecular weight is 312 g/mol. The topological polar surface area (TPSA) is 122 Å². The van der Waals surface area contributed by atoms with Gasteiger partial charge in [0.15, 0.2) is 0 Å². The number of nitrogens with zero attached hydrogens (tertiary/aromatic N) is 3. The van der Waals surface area contributed by atoms with Crippen molar-refractivity contribution in [3.63, 3.8) is 0 Å². The van der Waals surface area contributed by atoms with Gasteiger partial charge in [-0.1, -0.05) is 6.92 Å². The van der Waals surface area contributed by atoms with Gasteiger partial charge in [0, 0.05) is 29.4 Å². The van der Waals surface area contributed by atoms with Crippen molar-refractivity contribution in [3.05, 3.63) is 35.7 Å². The molecule has 1 atom stereocenters. The number of hydrogen-bond acceptors (Lipinski definition) is 6. The third-order valence-electron chi connectivity index (χ3n) is 3.42. The number of anilines is 1. The lowest BCUT2D eigenvalue weighted by Gasteiger charge is -2.14. The molecule has 2 heterocycles. The number of nitriles is 1. The Labute approximate surface area is 133 Å². The van der Waals surface area contributed by atoms with E-state index in [1.807, 2.05) is 6.07 Å². The van der Waals surface area contributed by atoms with Gasteiger partial charge in [-0.3, -0.25) is 4.79 Å². The second-order valence-corrected chi connectivity index (χ2v) is 5.05. The van der Waals surface area contributed by atoms with Crippen molar-refractivity contribution in [2.24, 2.45) is 0 Å². The SMILES string of the molecule is COc1cc(-c2cc(C(C)CC(=O)O)nc(N)c2C#N)ccn1. The maximum Gasteiger partial charge on any atom is 0.304 e. The first-order valence-corrected chi connectivity index (χ1v) is 6.89. The molecule has 0 aliphatic rings. The molecule has 2 rings (SSSR count). The normalized spacial score (nSPS) is 11.5. The Kier molecular flexibility index (Phi) is 4.76. The number of rotatable bonds is 5. The van der Waals surface area contributed by atoms with E-state index in [1.54, 1.807) is 31.3 Å². The molecule has 0 aromatic carbocycles. The molecular formula is C16H16N4O3. The van der Waals surface area contributed by atoms with Crippen molar-refractivity contribution in [3.8, 4) is 23.1 Å². The highest BCUT2D eigenvalue weighted by atomic mass is 16.5. The number of ether oxygens (including phenoxy) is 1. The fourth-order valence-corrected chi connectivity index (χ4v) is 2.24. The summed E-state index contributed by atoms with van der Waals surface area (Å²) in [5, 5.41) is 18.3. The monoisotopic (exact) mass is 312 g/mol. The van der Waals surface area contributed by atoms with Gasteiger partial charge in [-0.15, -0.1) is 0 Å². The van der Waals surface area contributed by atoms with E-state index >= 15 is 0 Å². The van der Waals surface area contributed by atoms with Crippen molar-refractivity contribution in [1.29, 1.82) is 5.26 Å². The molecule has 0 fully saturated rings. The Balaban J connectivity index is 2.58. The summed E-state index contributed by atoms with van der Waals surface area (Å²) in [4.78, 5) is 19.1. The van der Waals surface area contributed by atoms with Crippen molar-refractivity contribution in [2.45, 2.75) is 19.3 Å². The van der Waals surface area contributed by atoms with Crippen LogP contribution in [-0.4, -0.2) is 28.2 Å². The van der Waals surface area contributed by atoms with Crippen LogP contribution >= 0.6 is 0 Å². The smallest absolute Gasteiger partial charge is 0.304 e. The summed E-state index contributed by atoms with van der Waals surface area (Å²) in [5.74, 6) is -0.769. The highest BCUT2D eigenvalue weighted by Gasteiger charge is 2.18. The van der Waals surface area contributed by atoms with Crippen LogP contribution in [0.4, 0.5) is 5.82 Å². The lowest BCUT2D eigenvalue weighted by Crippen LogP contribution is -2.08. The van der Waals surface area contributed by atoms with E-state index in [-0.39, 0.29) is 23.7 Å². The minimum atomic E-state index is -0.922. The van der Waals surface area contributed by atoms with Crippen LogP contribution in [0.5, 0.6) is 5.88 Å². The highest BCUT2D eigenvalue weighted by Crippen LogP contribution is 2.31. The first-order chi connectivity index (χ1) is 11.0. The zero-order valence-corrected chi connectivity index (χ0v) is 12.8. The Morgan fingerprint density at radius 1 is 1.52 bits per heavy atom. The zero-order valence-electron chi connectivity index (χ0n) is 12.8. The number of aromatic nitrogens is 2. The van der Waals surface area contributed by atoms with Gasteiger partial charge in [0.25, 0.3) is 0 Å². The summed E-state index contributed by atoms with van der Waals surface area (Å²) in [6, 6.07) is 7.14. The van der Waals surface area contributed by atoms with E-state index in [1.165, 1.54) is 7.11 Å². The molecule has 3 N–H and O–H groups in total. The fraction of sp³-hybridized carbons (Fsp3) is 0.250. The number of nitrogen functional groups attached to an aromatic ring is 1. The second kappa shape index (κ2) is 6.75. The lowest BCUT2D eigenvalue weighted by molar-refractivity contribution is -0.137. The van der Waals surface area contributed by atoms with Crippen LogP contribution in [0.15, 0.2) is 24.4 Å². The summed E-state index contributed by atoms with van der Waals surface area (Å²) in [6.07, 6.45) is 1.49. The van der Waals surface area contributed by atoms with Gasteiger partial charge < -0.3 is 15.6 Å². The number of hydrogen-bond donors (Lipinski definition) is 2. The standard InChI is InChI=1S/C16H16N4O3/c1-9(5-15(21)22)13-7-11(12(8-17)16(18)20-13)10-3-4-19-14(6-10)23-2/h3-4,6-7,9H,5H2,1-2H3,(H2,18,20)(H,21,22). The maximum atomic E-state index is 10.9. The number of nitrogens with two attached hydrogens (primary N) is 1. The van der Waals surface area contributed by atoms with E-state index in [0.29, 0.717) is 22.7 Å². The molecule has 7 heteroatoms. The maximum absolute atomic E-state index is 10.9. The van der Waals surface area contributed by atoms with Gasteiger partial charge in [0.1, 0.15) is 17.5 Å². The van der Waals surface area contributed by atoms with Gasteiger partial charge >= 0.3 is 5.97 Å². The van der Waals surface area contributed by atoms with E-state index in [0.717, 1.165) is 0 Å². The van der Waals surface area contributed by atoms with E-state index in [9.17, 15) is 10.1 Å². The van der Waals surface area contributed by atoms with Crippen LogP contribution in [-0.2, 0) is 4.79 Å². The van der Waals surface area contributed by atoms with Crippen molar-refractivity contribution >= 4 is 11.8 Å². The largest absolute Gasteiger partial charge is 0.481 e. The van der Waals surface area contributed by atoms with Crippen molar-refractivity contribution < 1.29 is 14.6 Å². The molecule has 0 aliphatic carbocycles. The zero-order chi connectivity index (χ0) is 17.0. The second-order valence-electron chi connectivity index (χ2n) is 5.05. The van der Waals surface area contributed by atoms with Crippen LogP contribution in [0.25, 0.3) is 11.1 Å². The molecular weight excluding hydrogens is 296 g/mol.